The molecule has 0 saturated heterocycles. The lowest BCUT2D eigenvalue weighted by atomic mass is 9.99. The summed E-state index contributed by atoms with van der Waals surface area (Å²) in [7, 11) is 0. The van der Waals surface area contributed by atoms with Crippen LogP contribution in [0.2, 0.25) is 0 Å². The SMILES string of the molecule is CCN(C(=O)c1ccc(-c2cncc3ccccc23)cc1)[C@@H](C)CCO. The summed E-state index contributed by atoms with van der Waals surface area (Å²) in [6.07, 6.45) is 4.30. The van der Waals surface area contributed by atoms with E-state index in [0.29, 0.717) is 18.5 Å². The van der Waals surface area contributed by atoms with E-state index in [1.165, 1.54) is 0 Å². The van der Waals surface area contributed by atoms with Gasteiger partial charge in [-0.25, -0.2) is 0 Å². The second-order valence-corrected chi connectivity index (χ2v) is 6.44. The van der Waals surface area contributed by atoms with E-state index in [0.717, 1.165) is 21.9 Å². The van der Waals surface area contributed by atoms with Crippen LogP contribution >= 0.6 is 0 Å². The van der Waals surface area contributed by atoms with Gasteiger partial charge in [-0.3, -0.25) is 9.78 Å². The molecule has 1 aromatic heterocycles. The van der Waals surface area contributed by atoms with Crippen molar-refractivity contribution in [2.45, 2.75) is 26.3 Å². The molecule has 0 aliphatic heterocycles. The Hall–Kier alpha value is -2.72. The predicted octanol–water partition coefficient (Wildman–Crippen LogP) is 4.13. The van der Waals surface area contributed by atoms with E-state index in [1.54, 1.807) is 4.90 Å². The predicted molar refractivity (Wildman–Crippen MR) is 105 cm³/mol. The van der Waals surface area contributed by atoms with Crippen molar-refractivity contribution in [2.75, 3.05) is 13.2 Å². The summed E-state index contributed by atoms with van der Waals surface area (Å²) in [4.78, 5) is 18.9. The van der Waals surface area contributed by atoms with Crippen molar-refractivity contribution in [2.24, 2.45) is 0 Å². The highest BCUT2D eigenvalue weighted by atomic mass is 16.3. The average Bonchev–Trinajstić information content (AvgIpc) is 2.68. The van der Waals surface area contributed by atoms with Crippen molar-refractivity contribution in [3.05, 3.63) is 66.5 Å². The van der Waals surface area contributed by atoms with Crippen molar-refractivity contribution in [1.29, 1.82) is 0 Å². The highest BCUT2D eigenvalue weighted by molar-refractivity contribution is 5.98. The number of benzene rings is 2. The number of fused-ring (bicyclic) bond motifs is 1. The summed E-state index contributed by atoms with van der Waals surface area (Å²) in [5, 5.41) is 11.4. The topological polar surface area (TPSA) is 53.4 Å². The van der Waals surface area contributed by atoms with Crippen LogP contribution in [0.1, 0.15) is 30.6 Å². The number of hydrogen-bond acceptors (Lipinski definition) is 3. The Labute approximate surface area is 154 Å². The molecule has 4 heteroatoms. The van der Waals surface area contributed by atoms with Crippen molar-refractivity contribution >= 4 is 16.7 Å². The third kappa shape index (κ3) is 3.60. The molecule has 0 spiro atoms. The Morgan fingerprint density at radius 1 is 1.12 bits per heavy atom. The maximum Gasteiger partial charge on any atom is 0.254 e. The van der Waals surface area contributed by atoms with E-state index in [9.17, 15) is 4.79 Å². The Morgan fingerprint density at radius 2 is 1.85 bits per heavy atom. The van der Waals surface area contributed by atoms with E-state index < -0.39 is 0 Å². The van der Waals surface area contributed by atoms with Gasteiger partial charge in [-0.15, -0.1) is 0 Å². The molecule has 26 heavy (non-hydrogen) atoms. The molecular weight excluding hydrogens is 324 g/mol. The molecule has 0 unspecified atom stereocenters. The number of carbonyl (C=O) groups excluding carboxylic acids is 1. The summed E-state index contributed by atoms with van der Waals surface area (Å²) in [5.41, 5.74) is 2.76. The molecule has 0 aliphatic carbocycles. The van der Waals surface area contributed by atoms with Crippen LogP contribution < -0.4 is 0 Å². The van der Waals surface area contributed by atoms with E-state index in [4.69, 9.17) is 5.11 Å². The molecule has 134 valence electrons. The van der Waals surface area contributed by atoms with Gasteiger partial charge in [0.1, 0.15) is 0 Å². The van der Waals surface area contributed by atoms with E-state index in [2.05, 4.69) is 11.1 Å². The highest BCUT2D eigenvalue weighted by Crippen LogP contribution is 2.28. The molecule has 1 N–H and O–H groups in total. The Bertz CT molecular complexity index is 885. The van der Waals surface area contributed by atoms with Crippen molar-refractivity contribution in [3.63, 3.8) is 0 Å². The first-order chi connectivity index (χ1) is 12.7. The highest BCUT2D eigenvalue weighted by Gasteiger charge is 2.19. The smallest absolute Gasteiger partial charge is 0.254 e. The van der Waals surface area contributed by atoms with Gasteiger partial charge in [-0.1, -0.05) is 36.4 Å². The first kappa shape index (κ1) is 18.1. The zero-order chi connectivity index (χ0) is 18.5. The molecule has 3 rings (SSSR count). The van der Waals surface area contributed by atoms with Crippen LogP contribution in [-0.2, 0) is 0 Å². The van der Waals surface area contributed by atoms with Crippen LogP contribution in [0.25, 0.3) is 21.9 Å². The monoisotopic (exact) mass is 348 g/mol. The van der Waals surface area contributed by atoms with Crippen LogP contribution in [0.5, 0.6) is 0 Å². The normalized spacial score (nSPS) is 12.1. The van der Waals surface area contributed by atoms with Gasteiger partial charge in [0.05, 0.1) is 0 Å². The number of pyridine rings is 1. The fraction of sp³-hybridized carbons (Fsp3) is 0.273. The summed E-state index contributed by atoms with van der Waals surface area (Å²) >= 11 is 0. The number of aromatic nitrogens is 1. The van der Waals surface area contributed by atoms with Gasteiger partial charge in [0.2, 0.25) is 0 Å². The molecule has 0 radical (unpaired) electrons. The second kappa shape index (κ2) is 8.11. The molecule has 1 amide bonds. The van der Waals surface area contributed by atoms with Crippen molar-refractivity contribution in [3.8, 4) is 11.1 Å². The van der Waals surface area contributed by atoms with Crippen LogP contribution in [0.3, 0.4) is 0 Å². The average molecular weight is 348 g/mol. The molecule has 0 fully saturated rings. The van der Waals surface area contributed by atoms with Gasteiger partial charge in [-0.2, -0.15) is 0 Å². The summed E-state index contributed by atoms with van der Waals surface area (Å²) < 4.78 is 0. The number of nitrogens with zero attached hydrogens (tertiary/aromatic N) is 2. The van der Waals surface area contributed by atoms with Gasteiger partial charge in [0.15, 0.2) is 0 Å². The van der Waals surface area contributed by atoms with Crippen molar-refractivity contribution in [1.82, 2.24) is 9.88 Å². The zero-order valence-electron chi connectivity index (χ0n) is 15.2. The number of aliphatic hydroxyl groups excluding tert-OH is 1. The van der Waals surface area contributed by atoms with E-state index >= 15 is 0 Å². The minimum atomic E-state index is -0.00366. The molecule has 3 aromatic rings. The number of hydrogen-bond donors (Lipinski definition) is 1. The lowest BCUT2D eigenvalue weighted by molar-refractivity contribution is 0.0679. The first-order valence-electron chi connectivity index (χ1n) is 9.00. The number of rotatable bonds is 6. The minimum Gasteiger partial charge on any atom is -0.396 e. The van der Waals surface area contributed by atoms with Crippen molar-refractivity contribution < 1.29 is 9.90 Å². The van der Waals surface area contributed by atoms with Crippen LogP contribution in [-0.4, -0.2) is 40.1 Å². The molecule has 0 saturated carbocycles. The Morgan fingerprint density at radius 3 is 2.54 bits per heavy atom. The van der Waals surface area contributed by atoms with Crippen LogP contribution in [0, 0.1) is 0 Å². The lowest BCUT2D eigenvalue weighted by Crippen LogP contribution is -2.38. The molecule has 1 heterocycles. The Kier molecular flexibility index (Phi) is 5.64. The number of aliphatic hydroxyl groups is 1. The zero-order valence-corrected chi connectivity index (χ0v) is 15.2. The lowest BCUT2D eigenvalue weighted by Gasteiger charge is -2.27. The maximum absolute atomic E-state index is 12.8. The fourth-order valence-corrected chi connectivity index (χ4v) is 3.30. The molecule has 1 atom stereocenters. The van der Waals surface area contributed by atoms with Gasteiger partial charge in [-0.05, 0) is 43.4 Å². The number of amides is 1. The number of carbonyl (C=O) groups is 1. The third-order valence-electron chi connectivity index (χ3n) is 4.79. The molecule has 0 aliphatic rings. The first-order valence-corrected chi connectivity index (χ1v) is 9.00. The summed E-state index contributed by atoms with van der Waals surface area (Å²) in [5.74, 6) is -0.00366. The van der Waals surface area contributed by atoms with Crippen LogP contribution in [0.4, 0.5) is 0 Å². The molecular formula is C22H24N2O2. The maximum atomic E-state index is 12.8. The minimum absolute atomic E-state index is 0.00366. The largest absolute Gasteiger partial charge is 0.396 e. The fourth-order valence-electron chi connectivity index (χ4n) is 3.30. The molecule has 4 nitrogen and oxygen atoms in total. The van der Waals surface area contributed by atoms with E-state index in [1.807, 2.05) is 68.7 Å². The Balaban J connectivity index is 1.89. The second-order valence-electron chi connectivity index (χ2n) is 6.44. The van der Waals surface area contributed by atoms with Gasteiger partial charge in [0, 0.05) is 48.1 Å². The standard InChI is InChI=1S/C22H24N2O2/c1-3-24(16(2)12-13-25)22(26)18-10-8-17(9-11-18)21-15-23-14-19-6-4-5-7-20(19)21/h4-11,14-16,25H,3,12-13H2,1-2H3/t16-/m0/s1. The molecule has 2 aromatic carbocycles. The van der Waals surface area contributed by atoms with Gasteiger partial charge < -0.3 is 10.0 Å². The summed E-state index contributed by atoms with van der Waals surface area (Å²) in [6.45, 7) is 4.63. The van der Waals surface area contributed by atoms with Gasteiger partial charge >= 0.3 is 0 Å². The third-order valence-corrected chi connectivity index (χ3v) is 4.79. The quantitative estimate of drug-likeness (QED) is 0.728. The molecule has 0 bridgehead atoms. The van der Waals surface area contributed by atoms with E-state index in [-0.39, 0.29) is 18.6 Å². The van der Waals surface area contributed by atoms with Gasteiger partial charge in [0.25, 0.3) is 5.91 Å². The summed E-state index contributed by atoms with van der Waals surface area (Å²) in [6, 6.07) is 15.9. The van der Waals surface area contributed by atoms with Crippen LogP contribution in [0.15, 0.2) is 60.9 Å².